The Hall–Kier alpha value is -0.660. The molecule has 0 atom stereocenters. The van der Waals surface area contributed by atoms with Crippen molar-refractivity contribution in [2.24, 2.45) is 0 Å². The lowest BCUT2D eigenvalue weighted by molar-refractivity contribution is 0.499. The monoisotopic (exact) mass is 350 g/mol. The van der Waals surface area contributed by atoms with Crippen molar-refractivity contribution in [1.29, 1.82) is 0 Å². The molecule has 0 amide bonds. The maximum absolute atomic E-state index is 13.5. The summed E-state index contributed by atoms with van der Waals surface area (Å²) in [5, 5.41) is 2.70. The molecule has 19 heavy (non-hydrogen) atoms. The van der Waals surface area contributed by atoms with Gasteiger partial charge in [0.2, 0.25) is 10.0 Å². The van der Waals surface area contributed by atoms with E-state index in [1.54, 1.807) is 13.0 Å². The molecule has 2 N–H and O–H groups in total. The molecule has 1 aliphatic rings. The van der Waals surface area contributed by atoms with Crippen LogP contribution < -0.4 is 10.0 Å². The molecule has 4 nitrogen and oxygen atoms in total. The smallest absolute Gasteiger partial charge is 0.235 e. The number of aryl methyl sites for hydroxylation is 1. The molecule has 1 aromatic carbocycles. The maximum atomic E-state index is 13.5. The van der Waals surface area contributed by atoms with Crippen LogP contribution in [0.2, 0.25) is 0 Å². The van der Waals surface area contributed by atoms with Crippen molar-refractivity contribution < 1.29 is 12.8 Å². The quantitative estimate of drug-likeness (QED) is 0.879. The lowest BCUT2D eigenvalue weighted by Gasteiger charge is -2.23. The zero-order valence-electron chi connectivity index (χ0n) is 10.5. The van der Waals surface area contributed by atoms with Crippen LogP contribution in [-0.2, 0) is 10.0 Å². The summed E-state index contributed by atoms with van der Waals surface area (Å²) in [5.74, 6) is -0.478. The molecule has 0 aliphatic carbocycles. The molecule has 1 heterocycles. The Morgan fingerprint density at radius 1 is 1.37 bits per heavy atom. The first-order chi connectivity index (χ1) is 8.90. The van der Waals surface area contributed by atoms with Crippen molar-refractivity contribution in [3.8, 4) is 0 Å². The van der Waals surface area contributed by atoms with Crippen LogP contribution in [0.1, 0.15) is 18.4 Å². The van der Waals surface area contributed by atoms with Gasteiger partial charge in [-0.15, -0.1) is 0 Å². The molecule has 2 rings (SSSR count). The van der Waals surface area contributed by atoms with E-state index in [0.717, 1.165) is 0 Å². The minimum Gasteiger partial charge on any atom is -0.317 e. The van der Waals surface area contributed by atoms with Gasteiger partial charge in [-0.1, -0.05) is 0 Å². The number of halogens is 2. The van der Waals surface area contributed by atoms with Gasteiger partial charge in [0.1, 0.15) is 5.82 Å². The predicted molar refractivity (Wildman–Crippen MR) is 77.3 cm³/mol. The topological polar surface area (TPSA) is 58.2 Å². The van der Waals surface area contributed by atoms with Crippen molar-refractivity contribution in [3.05, 3.63) is 28.0 Å². The van der Waals surface area contributed by atoms with Crippen molar-refractivity contribution in [1.82, 2.24) is 5.32 Å². The van der Waals surface area contributed by atoms with Gasteiger partial charge in [0.15, 0.2) is 0 Å². The van der Waals surface area contributed by atoms with E-state index in [2.05, 4.69) is 26.0 Å². The number of rotatable bonds is 3. The average molecular weight is 351 g/mol. The molecule has 0 bridgehead atoms. The normalized spacial score (nSPS) is 17.4. The molecule has 0 aromatic heterocycles. The van der Waals surface area contributed by atoms with Gasteiger partial charge in [0.25, 0.3) is 0 Å². The number of hydrogen-bond acceptors (Lipinski definition) is 3. The van der Waals surface area contributed by atoms with Crippen molar-refractivity contribution in [2.75, 3.05) is 17.8 Å². The Balaban J connectivity index is 2.22. The van der Waals surface area contributed by atoms with Crippen LogP contribution in [0.3, 0.4) is 0 Å². The van der Waals surface area contributed by atoms with Crippen LogP contribution >= 0.6 is 15.9 Å². The van der Waals surface area contributed by atoms with Crippen LogP contribution in [0, 0.1) is 12.7 Å². The average Bonchev–Trinajstić information content (AvgIpc) is 2.37. The SMILES string of the molecule is Cc1cc(Br)c(F)cc1NS(=O)(=O)C1CCNCC1. The number of hydrogen-bond donors (Lipinski definition) is 2. The van der Waals surface area contributed by atoms with Gasteiger partial charge in [-0.05, 0) is 66.5 Å². The molecule has 1 saturated heterocycles. The standard InChI is InChI=1S/C12H16BrFN2O2S/c1-8-6-10(13)11(14)7-12(8)16-19(17,18)9-2-4-15-5-3-9/h6-7,9,15-16H,2-5H2,1H3. The van der Waals surface area contributed by atoms with Crippen molar-refractivity contribution >= 4 is 31.6 Å². The van der Waals surface area contributed by atoms with Gasteiger partial charge < -0.3 is 5.32 Å². The summed E-state index contributed by atoms with van der Waals surface area (Å²) in [6.45, 7) is 3.13. The molecule has 1 fully saturated rings. The Kier molecular flexibility index (Phi) is 4.47. The highest BCUT2D eigenvalue weighted by Crippen LogP contribution is 2.26. The molecule has 0 unspecified atom stereocenters. The first-order valence-corrected chi connectivity index (χ1v) is 8.42. The zero-order chi connectivity index (χ0) is 14.0. The second-order valence-corrected chi connectivity index (χ2v) is 7.49. The first-order valence-electron chi connectivity index (χ1n) is 6.08. The molecular formula is C12H16BrFN2O2S. The first kappa shape index (κ1) is 14.7. The van der Waals surface area contributed by atoms with Gasteiger partial charge in [0.05, 0.1) is 15.4 Å². The summed E-state index contributed by atoms with van der Waals surface area (Å²) in [6.07, 6.45) is 1.15. The van der Waals surface area contributed by atoms with Crippen molar-refractivity contribution in [3.63, 3.8) is 0 Å². The van der Waals surface area contributed by atoms with Gasteiger partial charge in [-0.3, -0.25) is 4.72 Å². The highest BCUT2D eigenvalue weighted by Gasteiger charge is 2.27. The van der Waals surface area contributed by atoms with Crippen LogP contribution in [-0.4, -0.2) is 26.8 Å². The fourth-order valence-electron chi connectivity index (χ4n) is 2.10. The van der Waals surface area contributed by atoms with Crippen LogP contribution in [0.5, 0.6) is 0 Å². The zero-order valence-corrected chi connectivity index (χ0v) is 12.9. The van der Waals surface area contributed by atoms with Gasteiger partial charge in [-0.25, -0.2) is 12.8 Å². The number of sulfonamides is 1. The minimum atomic E-state index is -3.46. The predicted octanol–water partition coefficient (Wildman–Crippen LogP) is 2.39. The Bertz CT molecular complexity index is 571. The molecule has 0 saturated carbocycles. The van der Waals surface area contributed by atoms with Crippen LogP contribution in [0.25, 0.3) is 0 Å². The second-order valence-electron chi connectivity index (χ2n) is 4.68. The summed E-state index contributed by atoms with van der Waals surface area (Å²) in [4.78, 5) is 0. The van der Waals surface area contributed by atoms with E-state index in [0.29, 0.717) is 41.7 Å². The van der Waals surface area contributed by atoms with Crippen molar-refractivity contribution in [2.45, 2.75) is 25.0 Å². The summed E-state index contributed by atoms with van der Waals surface area (Å²) in [5.41, 5.74) is 0.991. The fraction of sp³-hybridized carbons (Fsp3) is 0.500. The number of anilines is 1. The minimum absolute atomic E-state index is 0.305. The lowest BCUT2D eigenvalue weighted by Crippen LogP contribution is -2.38. The van der Waals surface area contributed by atoms with E-state index < -0.39 is 21.1 Å². The molecule has 106 valence electrons. The largest absolute Gasteiger partial charge is 0.317 e. The number of piperidine rings is 1. The van der Waals surface area contributed by atoms with Crippen LogP contribution in [0.4, 0.5) is 10.1 Å². The molecule has 0 radical (unpaired) electrons. The Morgan fingerprint density at radius 3 is 2.63 bits per heavy atom. The van der Waals surface area contributed by atoms with E-state index in [9.17, 15) is 12.8 Å². The molecular weight excluding hydrogens is 335 g/mol. The van der Waals surface area contributed by atoms with E-state index in [1.807, 2.05) is 0 Å². The highest BCUT2D eigenvalue weighted by molar-refractivity contribution is 9.10. The summed E-state index contributed by atoms with van der Waals surface area (Å²) in [6, 6.07) is 2.77. The lowest BCUT2D eigenvalue weighted by atomic mass is 10.2. The molecule has 1 aromatic rings. The van der Waals surface area contributed by atoms with E-state index in [4.69, 9.17) is 0 Å². The van der Waals surface area contributed by atoms with Gasteiger partial charge >= 0.3 is 0 Å². The Morgan fingerprint density at radius 2 is 2.00 bits per heavy atom. The number of benzene rings is 1. The molecule has 0 spiro atoms. The Labute approximate surface area is 121 Å². The highest BCUT2D eigenvalue weighted by atomic mass is 79.9. The third-order valence-electron chi connectivity index (χ3n) is 3.24. The van der Waals surface area contributed by atoms with Gasteiger partial charge in [-0.2, -0.15) is 0 Å². The van der Waals surface area contributed by atoms with Gasteiger partial charge in [0, 0.05) is 0 Å². The third kappa shape index (κ3) is 3.46. The summed E-state index contributed by atoms with van der Waals surface area (Å²) < 4.78 is 40.8. The molecule has 7 heteroatoms. The van der Waals surface area contributed by atoms with E-state index in [-0.39, 0.29) is 0 Å². The summed E-state index contributed by atoms with van der Waals surface area (Å²) in [7, 11) is -3.46. The third-order valence-corrected chi connectivity index (χ3v) is 5.71. The maximum Gasteiger partial charge on any atom is 0.235 e. The van der Waals surface area contributed by atoms with E-state index >= 15 is 0 Å². The second kappa shape index (κ2) is 5.76. The van der Waals surface area contributed by atoms with E-state index in [1.165, 1.54) is 6.07 Å². The molecule has 1 aliphatic heterocycles. The number of nitrogens with one attached hydrogen (secondary N) is 2. The summed E-state index contributed by atoms with van der Waals surface area (Å²) >= 11 is 3.08. The fourth-order valence-corrected chi connectivity index (χ4v) is 4.11. The van der Waals surface area contributed by atoms with Crippen LogP contribution in [0.15, 0.2) is 16.6 Å².